The van der Waals surface area contributed by atoms with Crippen molar-refractivity contribution in [3.05, 3.63) is 57.6 Å². The molecule has 1 aromatic heterocycles. The molecule has 2 heterocycles. The van der Waals surface area contributed by atoms with Gasteiger partial charge in [0.1, 0.15) is 5.82 Å². The van der Waals surface area contributed by atoms with Gasteiger partial charge in [-0.1, -0.05) is 44.2 Å². The summed E-state index contributed by atoms with van der Waals surface area (Å²) in [6.45, 7) is 4.31. The van der Waals surface area contributed by atoms with Gasteiger partial charge in [0, 0.05) is 17.7 Å². The number of hydrogen-bond acceptors (Lipinski definition) is 4. The number of nitrogens with one attached hydrogen (secondary N) is 1. The van der Waals surface area contributed by atoms with E-state index in [4.69, 9.17) is 0 Å². The number of thiazole rings is 1. The Labute approximate surface area is 134 Å². The molecule has 0 fully saturated rings. The predicted molar refractivity (Wildman–Crippen MR) is 89.1 cm³/mol. The van der Waals surface area contributed by atoms with Crippen LogP contribution in [0.25, 0.3) is 0 Å². The van der Waals surface area contributed by atoms with Crippen LogP contribution in [0.1, 0.15) is 43.0 Å². The molecule has 0 saturated carbocycles. The highest BCUT2D eigenvalue weighted by molar-refractivity contribution is 7.10. The summed E-state index contributed by atoms with van der Waals surface area (Å²) in [7, 11) is 0. The lowest BCUT2D eigenvalue weighted by molar-refractivity contribution is -0.118. The second kappa shape index (κ2) is 4.78. The Bertz CT molecular complexity index is 773. The van der Waals surface area contributed by atoms with Crippen LogP contribution in [-0.4, -0.2) is 10.8 Å². The van der Waals surface area contributed by atoms with E-state index < -0.39 is 0 Å². The molecule has 0 amide bonds. The van der Waals surface area contributed by atoms with E-state index in [0.717, 1.165) is 28.4 Å². The molecule has 2 aromatic rings. The second-order valence-corrected chi connectivity index (χ2v) is 7.75. The molecule has 0 spiro atoms. The molecule has 22 heavy (non-hydrogen) atoms. The average Bonchev–Trinajstić information content (AvgIpc) is 2.92. The van der Waals surface area contributed by atoms with Gasteiger partial charge in [-0.25, -0.2) is 4.98 Å². The molecule has 1 atom stereocenters. The number of Topliss-reactive ketones (excluding diaryl/α,β-unsaturated/α-hetero) is 1. The maximum absolute atomic E-state index is 12.8. The van der Waals surface area contributed by atoms with Crippen LogP contribution in [0.5, 0.6) is 0 Å². The molecule has 0 saturated heterocycles. The van der Waals surface area contributed by atoms with E-state index in [9.17, 15) is 4.79 Å². The van der Waals surface area contributed by atoms with E-state index in [-0.39, 0.29) is 17.1 Å². The average molecular weight is 310 g/mol. The largest absolute Gasteiger partial charge is 0.342 e. The Morgan fingerprint density at radius 1 is 1.23 bits per heavy atom. The van der Waals surface area contributed by atoms with Gasteiger partial charge in [0.25, 0.3) is 0 Å². The van der Waals surface area contributed by atoms with Gasteiger partial charge in [0.15, 0.2) is 5.78 Å². The van der Waals surface area contributed by atoms with Gasteiger partial charge in [-0.2, -0.15) is 0 Å². The van der Waals surface area contributed by atoms with Crippen LogP contribution in [0.4, 0.5) is 5.82 Å². The van der Waals surface area contributed by atoms with Gasteiger partial charge < -0.3 is 5.32 Å². The topological polar surface area (TPSA) is 42.0 Å². The number of rotatable bonds is 1. The Balaban J connectivity index is 1.91. The van der Waals surface area contributed by atoms with Gasteiger partial charge in [-0.05, 0) is 17.4 Å². The van der Waals surface area contributed by atoms with Crippen LogP contribution in [0, 0.1) is 5.41 Å². The number of anilines is 1. The molecule has 0 radical (unpaired) electrons. The number of nitrogens with zero attached hydrogens (tertiary/aromatic N) is 1. The van der Waals surface area contributed by atoms with E-state index in [2.05, 4.69) is 36.3 Å². The number of carbonyl (C=O) groups is 1. The fourth-order valence-corrected chi connectivity index (χ4v) is 4.45. The second-order valence-electron chi connectivity index (χ2n) is 6.87. The Hall–Kier alpha value is -1.94. The standard InChI is InChI=1S/C18H18N2OS/c1-18(2)8-12-15(13(21)9-18)14(11-6-4-3-5-7-11)16-17(20-12)19-10-22-16/h3-7,10,14,20H,8-9H2,1-2H3/t14-/m1/s1. The van der Waals surface area contributed by atoms with Crippen molar-refractivity contribution in [1.82, 2.24) is 4.98 Å². The summed E-state index contributed by atoms with van der Waals surface area (Å²) in [5.74, 6) is 1.22. The van der Waals surface area contributed by atoms with E-state index >= 15 is 0 Å². The predicted octanol–water partition coefficient (Wildman–Crippen LogP) is 4.34. The monoisotopic (exact) mass is 310 g/mol. The van der Waals surface area contributed by atoms with Gasteiger partial charge in [-0.15, -0.1) is 11.3 Å². The highest BCUT2D eigenvalue weighted by Crippen LogP contribution is 2.49. The summed E-state index contributed by atoms with van der Waals surface area (Å²) in [5.41, 5.74) is 5.06. The molecule has 1 aromatic carbocycles. The lowest BCUT2D eigenvalue weighted by Crippen LogP contribution is -2.33. The summed E-state index contributed by atoms with van der Waals surface area (Å²) in [4.78, 5) is 18.5. The van der Waals surface area contributed by atoms with Crippen molar-refractivity contribution in [1.29, 1.82) is 0 Å². The van der Waals surface area contributed by atoms with Crippen LogP contribution in [0.3, 0.4) is 0 Å². The van der Waals surface area contributed by atoms with Crippen molar-refractivity contribution in [2.24, 2.45) is 5.41 Å². The molecule has 3 nitrogen and oxygen atoms in total. The summed E-state index contributed by atoms with van der Waals surface area (Å²) in [6.07, 6.45) is 1.51. The zero-order valence-corrected chi connectivity index (χ0v) is 13.5. The molecular weight excluding hydrogens is 292 g/mol. The Morgan fingerprint density at radius 2 is 2.00 bits per heavy atom. The summed E-state index contributed by atoms with van der Waals surface area (Å²) in [6, 6.07) is 10.3. The maximum Gasteiger partial charge on any atom is 0.162 e. The molecule has 1 aliphatic carbocycles. The SMILES string of the molecule is CC1(C)CC(=O)C2=C(C1)Nc1ncsc1[C@@H]2c1ccccc1. The fraction of sp³-hybridized carbons (Fsp3) is 0.333. The lowest BCUT2D eigenvalue weighted by Gasteiger charge is -2.37. The van der Waals surface area contributed by atoms with Crippen molar-refractivity contribution < 1.29 is 4.79 Å². The number of aromatic nitrogens is 1. The molecule has 2 aliphatic rings. The first-order valence-corrected chi connectivity index (χ1v) is 8.45. The summed E-state index contributed by atoms with van der Waals surface area (Å²) < 4.78 is 0. The third-order valence-electron chi connectivity index (χ3n) is 4.47. The first kappa shape index (κ1) is 13.7. The molecule has 112 valence electrons. The highest BCUT2D eigenvalue weighted by atomic mass is 32.1. The molecule has 0 bridgehead atoms. The van der Waals surface area contributed by atoms with E-state index in [1.807, 2.05) is 23.7 Å². The first-order valence-electron chi connectivity index (χ1n) is 7.57. The number of hydrogen-bond donors (Lipinski definition) is 1. The van der Waals surface area contributed by atoms with Gasteiger partial charge in [0.05, 0.1) is 16.3 Å². The molecule has 1 aliphatic heterocycles. The number of fused-ring (bicyclic) bond motifs is 1. The molecule has 4 heteroatoms. The summed E-state index contributed by atoms with van der Waals surface area (Å²) >= 11 is 1.63. The van der Waals surface area contributed by atoms with Crippen molar-refractivity contribution in [3.63, 3.8) is 0 Å². The summed E-state index contributed by atoms with van der Waals surface area (Å²) in [5, 5.41) is 3.42. The van der Waals surface area contributed by atoms with Crippen molar-refractivity contribution in [2.75, 3.05) is 5.32 Å². The Morgan fingerprint density at radius 3 is 2.77 bits per heavy atom. The van der Waals surface area contributed by atoms with E-state index in [1.54, 1.807) is 11.3 Å². The van der Waals surface area contributed by atoms with Gasteiger partial charge >= 0.3 is 0 Å². The lowest BCUT2D eigenvalue weighted by atomic mass is 9.70. The van der Waals surface area contributed by atoms with Crippen LogP contribution in [0.15, 0.2) is 47.1 Å². The van der Waals surface area contributed by atoms with Crippen molar-refractivity contribution in [3.8, 4) is 0 Å². The number of carbonyl (C=O) groups excluding carboxylic acids is 1. The van der Waals surface area contributed by atoms with Crippen molar-refractivity contribution in [2.45, 2.75) is 32.6 Å². The smallest absolute Gasteiger partial charge is 0.162 e. The maximum atomic E-state index is 12.8. The van der Waals surface area contributed by atoms with Gasteiger partial charge in [0.2, 0.25) is 0 Å². The van der Waals surface area contributed by atoms with Crippen LogP contribution < -0.4 is 5.32 Å². The van der Waals surface area contributed by atoms with Crippen LogP contribution in [-0.2, 0) is 4.79 Å². The Kier molecular flexibility index (Phi) is 2.98. The number of benzene rings is 1. The number of allylic oxidation sites excluding steroid dienone is 2. The molecule has 0 unspecified atom stereocenters. The normalized spacial score (nSPS) is 22.8. The number of ketones is 1. The third-order valence-corrected chi connectivity index (χ3v) is 5.36. The highest BCUT2D eigenvalue weighted by Gasteiger charge is 2.41. The van der Waals surface area contributed by atoms with E-state index in [0.29, 0.717) is 6.42 Å². The third kappa shape index (κ3) is 2.10. The minimum atomic E-state index is 0.0116. The van der Waals surface area contributed by atoms with Gasteiger partial charge in [-0.3, -0.25) is 4.79 Å². The van der Waals surface area contributed by atoms with Crippen LogP contribution >= 0.6 is 11.3 Å². The quantitative estimate of drug-likeness (QED) is 0.851. The van der Waals surface area contributed by atoms with Crippen molar-refractivity contribution >= 4 is 22.9 Å². The molecular formula is C18H18N2OS. The first-order chi connectivity index (χ1) is 10.6. The zero-order valence-electron chi connectivity index (χ0n) is 12.7. The molecule has 4 rings (SSSR count). The van der Waals surface area contributed by atoms with E-state index in [1.165, 1.54) is 5.56 Å². The molecule has 1 N–H and O–H groups in total. The fourth-order valence-electron chi connectivity index (χ4n) is 3.57. The zero-order chi connectivity index (χ0) is 15.3. The minimum absolute atomic E-state index is 0.0116. The van der Waals surface area contributed by atoms with Crippen LogP contribution in [0.2, 0.25) is 0 Å². The minimum Gasteiger partial charge on any atom is -0.342 e.